The molecule has 68 valence electrons. The molecule has 0 fully saturated rings. The van der Waals surface area contributed by atoms with Crippen molar-refractivity contribution in [2.45, 2.75) is 0 Å². The van der Waals surface area contributed by atoms with Crippen LogP contribution in [0.4, 0.5) is 0 Å². The fourth-order valence-electron chi connectivity index (χ4n) is 1.10. The number of hydrogen-bond acceptors (Lipinski definition) is 1. The first-order valence-corrected chi connectivity index (χ1v) is 7.30. The van der Waals surface area contributed by atoms with E-state index < -0.39 is 0 Å². The lowest BCUT2D eigenvalue weighted by Gasteiger charge is -1.93. The maximum absolute atomic E-state index is 10.8. The molecule has 1 N–H and O–H groups in total. The largest absolute Gasteiger partial charge is 0.322 e. The lowest BCUT2D eigenvalue weighted by atomic mass is 10.2. The number of aromatic nitrogens is 1. The van der Waals surface area contributed by atoms with Gasteiger partial charge in [-0.15, -0.1) is 0 Å². The Kier molecular flexibility index (Phi) is 4.18. The van der Waals surface area contributed by atoms with Crippen molar-refractivity contribution in [3.63, 3.8) is 0 Å². The van der Waals surface area contributed by atoms with Crippen LogP contribution in [0.25, 0.3) is 10.9 Å². The van der Waals surface area contributed by atoms with Gasteiger partial charge in [-0.3, -0.25) is 4.79 Å². The highest BCUT2D eigenvalue weighted by Gasteiger charge is 1.89. The zero-order valence-electron chi connectivity index (χ0n) is 6.63. The van der Waals surface area contributed by atoms with Gasteiger partial charge in [0.25, 0.3) is 0 Å². The maximum atomic E-state index is 10.8. The summed E-state index contributed by atoms with van der Waals surface area (Å²) in [6, 6.07) is 11.0. The van der Waals surface area contributed by atoms with Gasteiger partial charge in [-0.2, -0.15) is 0 Å². The van der Waals surface area contributed by atoms with Gasteiger partial charge in [0.05, 0.1) is 0 Å². The molecule has 0 spiro atoms. The maximum Gasteiger partial charge on any atom is 0.248 e. The van der Waals surface area contributed by atoms with Gasteiger partial charge in [0.1, 0.15) is 0 Å². The summed E-state index contributed by atoms with van der Waals surface area (Å²) in [6.45, 7) is 0. The van der Waals surface area contributed by atoms with Crippen molar-refractivity contribution in [3.05, 3.63) is 46.8 Å². The number of para-hydroxylation sites is 1. The quantitative estimate of drug-likeness (QED) is 0.796. The van der Waals surface area contributed by atoms with Crippen molar-refractivity contribution in [1.82, 2.24) is 4.98 Å². The molecule has 1 aromatic carbocycles. The van der Waals surface area contributed by atoms with Crippen molar-refractivity contribution < 1.29 is 0 Å². The van der Waals surface area contributed by atoms with Crippen LogP contribution < -0.4 is 5.56 Å². The van der Waals surface area contributed by atoms with Crippen LogP contribution in [0.2, 0.25) is 0 Å². The molecule has 0 atom stereocenters. The van der Waals surface area contributed by atoms with Crippen LogP contribution in [0.3, 0.4) is 0 Å². The first-order chi connectivity index (χ1) is 6.36. The number of rotatable bonds is 0. The minimum absolute atomic E-state index is 0.0521. The van der Waals surface area contributed by atoms with E-state index in [1.165, 1.54) is 6.07 Å². The Labute approximate surface area is 90.8 Å². The molecule has 2 nitrogen and oxygen atoms in total. The summed E-state index contributed by atoms with van der Waals surface area (Å²) in [5, 5.41) is 1.06. The van der Waals surface area contributed by atoms with Crippen molar-refractivity contribution >= 4 is 39.2 Å². The van der Waals surface area contributed by atoms with Crippen LogP contribution in [0.5, 0.6) is 0 Å². The Morgan fingerprint density at radius 3 is 2.46 bits per heavy atom. The number of fused-ring (bicyclic) bond motifs is 1. The number of pyridine rings is 1. The second-order valence-corrected chi connectivity index (χ2v) is 2.41. The molecule has 0 saturated heterocycles. The molecule has 0 amide bonds. The van der Waals surface area contributed by atoms with Crippen molar-refractivity contribution in [3.8, 4) is 0 Å². The fourth-order valence-corrected chi connectivity index (χ4v) is 1.10. The summed E-state index contributed by atoms with van der Waals surface area (Å²) >= 11 is 5.50. The van der Waals surface area contributed by atoms with Crippen LogP contribution in [0, 0.1) is 0 Å². The Hall–Kier alpha value is -0.610. The third kappa shape index (κ3) is 2.67. The standard InChI is InChI=1S/C9H7NO.Br2/c11-9-6-5-7-3-1-2-4-8(7)10-9;1-2/h1-6H,(H,10,11);. The van der Waals surface area contributed by atoms with Gasteiger partial charge in [-0.05, 0) is 17.5 Å². The lowest BCUT2D eigenvalue weighted by Crippen LogP contribution is -2.01. The normalized spacial score (nSPS) is 9.08. The monoisotopic (exact) mass is 303 g/mol. The van der Waals surface area contributed by atoms with Gasteiger partial charge in [-0.25, -0.2) is 0 Å². The molecule has 0 aliphatic carbocycles. The predicted molar refractivity (Wildman–Crippen MR) is 62.4 cm³/mol. The minimum Gasteiger partial charge on any atom is -0.322 e. The molecule has 13 heavy (non-hydrogen) atoms. The molecule has 2 aromatic rings. The molecule has 0 saturated carbocycles. The number of aromatic amines is 1. The molecule has 1 aromatic heterocycles. The number of hydrogen-bond donors (Lipinski definition) is 1. The molecular weight excluding hydrogens is 298 g/mol. The van der Waals surface area contributed by atoms with E-state index in [0.29, 0.717) is 0 Å². The van der Waals surface area contributed by atoms with Gasteiger partial charge >= 0.3 is 0 Å². The Morgan fingerprint density at radius 2 is 1.69 bits per heavy atom. The molecule has 0 aliphatic heterocycles. The van der Waals surface area contributed by atoms with Gasteiger partial charge < -0.3 is 4.98 Å². The smallest absolute Gasteiger partial charge is 0.248 e. The summed E-state index contributed by atoms with van der Waals surface area (Å²) in [5.74, 6) is 0. The van der Waals surface area contributed by atoms with Gasteiger partial charge in [0.15, 0.2) is 0 Å². The lowest BCUT2D eigenvalue weighted by molar-refractivity contribution is 1.31. The third-order valence-corrected chi connectivity index (χ3v) is 1.63. The molecule has 1 heterocycles. The minimum atomic E-state index is -0.0521. The van der Waals surface area contributed by atoms with Gasteiger partial charge in [0.2, 0.25) is 5.56 Å². The third-order valence-electron chi connectivity index (χ3n) is 1.63. The Balaban J connectivity index is 0.000000396. The molecule has 0 unspecified atom stereocenters. The van der Waals surface area contributed by atoms with Gasteiger partial charge in [0, 0.05) is 39.8 Å². The van der Waals surface area contributed by atoms with E-state index in [-0.39, 0.29) is 5.56 Å². The highest BCUT2D eigenvalue weighted by atomic mass is 80.9. The molecule has 2 rings (SSSR count). The Bertz CT molecular complexity index is 439. The summed E-state index contributed by atoms with van der Waals surface area (Å²) in [4.78, 5) is 13.6. The SMILES string of the molecule is BrBr.O=c1ccc2ccccc2[nH]1. The average Bonchev–Trinajstić information content (AvgIpc) is 2.21. The van der Waals surface area contributed by atoms with Crippen LogP contribution in [-0.2, 0) is 0 Å². The van der Waals surface area contributed by atoms with E-state index in [0.717, 1.165) is 10.9 Å². The number of H-pyrrole nitrogens is 1. The van der Waals surface area contributed by atoms with E-state index in [4.69, 9.17) is 0 Å². The van der Waals surface area contributed by atoms with Crippen molar-refractivity contribution in [2.24, 2.45) is 0 Å². The summed E-state index contributed by atoms with van der Waals surface area (Å²) in [6.07, 6.45) is 0. The van der Waals surface area contributed by atoms with Crippen molar-refractivity contribution in [1.29, 1.82) is 0 Å². The van der Waals surface area contributed by atoms with Crippen LogP contribution in [0.1, 0.15) is 0 Å². The van der Waals surface area contributed by atoms with E-state index in [2.05, 4.69) is 33.2 Å². The van der Waals surface area contributed by atoms with Crippen molar-refractivity contribution in [2.75, 3.05) is 0 Å². The molecule has 0 aliphatic rings. The highest BCUT2D eigenvalue weighted by Crippen LogP contribution is 2.06. The molecule has 0 bridgehead atoms. The molecular formula is C9H7Br2NO. The summed E-state index contributed by atoms with van der Waals surface area (Å²) in [5.41, 5.74) is 0.837. The van der Waals surface area contributed by atoms with Crippen LogP contribution >= 0.6 is 28.3 Å². The van der Waals surface area contributed by atoms with E-state index in [9.17, 15) is 4.79 Å². The van der Waals surface area contributed by atoms with E-state index in [1.807, 2.05) is 30.3 Å². The molecule has 0 radical (unpaired) electrons. The van der Waals surface area contributed by atoms with E-state index in [1.54, 1.807) is 0 Å². The average molecular weight is 305 g/mol. The summed E-state index contributed by atoms with van der Waals surface area (Å²) < 4.78 is 0. The molecule has 4 heteroatoms. The number of halogens is 2. The second-order valence-electron chi connectivity index (χ2n) is 2.41. The van der Waals surface area contributed by atoms with E-state index >= 15 is 0 Å². The van der Waals surface area contributed by atoms with Crippen LogP contribution in [0.15, 0.2) is 41.2 Å². The zero-order valence-corrected chi connectivity index (χ0v) is 9.80. The first-order valence-electron chi connectivity index (χ1n) is 3.59. The number of nitrogens with one attached hydrogen (secondary N) is 1. The second kappa shape index (κ2) is 5.19. The van der Waals surface area contributed by atoms with Gasteiger partial charge in [-0.1, -0.05) is 18.2 Å². The topological polar surface area (TPSA) is 32.9 Å². The number of benzene rings is 1. The predicted octanol–water partition coefficient (Wildman–Crippen LogP) is 3.22. The Morgan fingerprint density at radius 1 is 1.00 bits per heavy atom. The zero-order chi connectivity index (χ0) is 9.68. The first kappa shape index (κ1) is 10.5. The summed E-state index contributed by atoms with van der Waals surface area (Å²) in [7, 11) is 0. The fraction of sp³-hybridized carbons (Fsp3) is 0. The highest BCUT2D eigenvalue weighted by molar-refractivity contribution is 9.93. The van der Waals surface area contributed by atoms with Crippen LogP contribution in [-0.4, -0.2) is 4.98 Å².